The fourth-order valence-corrected chi connectivity index (χ4v) is 7.29. The fraction of sp³-hybridized carbons (Fsp3) is 0.606. The van der Waals surface area contributed by atoms with Gasteiger partial charge in [0, 0.05) is 12.1 Å². The maximum Gasteiger partial charge on any atom is 0.312 e. The summed E-state index contributed by atoms with van der Waals surface area (Å²) >= 11 is 0. The minimum absolute atomic E-state index is 0.228. The highest BCUT2D eigenvalue weighted by molar-refractivity contribution is 5.99. The molecule has 41 heavy (non-hydrogen) atoms. The Balaban J connectivity index is 1.81. The van der Waals surface area contributed by atoms with Crippen LogP contribution in [0.25, 0.3) is 0 Å². The van der Waals surface area contributed by atoms with Crippen molar-refractivity contribution in [2.24, 2.45) is 11.8 Å². The number of carbonyl (C=O) groups is 3. The summed E-state index contributed by atoms with van der Waals surface area (Å²) in [6.45, 7) is 15.6. The molecule has 1 aromatic rings. The molecule has 2 unspecified atom stereocenters. The SMILES string of the molecule is C=CCCCOC(=O)[C@@H]1[C@H]2C(=O)N([C@@H](CO)Cc3ccccc3)C(C(=O)N(CC=C)C(C)(C)C)C23CC[C@@]1(CC)O3. The molecule has 0 saturated carbocycles. The van der Waals surface area contributed by atoms with Gasteiger partial charge in [-0.05, 0) is 64.9 Å². The lowest BCUT2D eigenvalue weighted by Crippen LogP contribution is -2.62. The smallest absolute Gasteiger partial charge is 0.312 e. The third-order valence-corrected chi connectivity index (χ3v) is 9.21. The molecule has 8 heteroatoms. The predicted molar refractivity (Wildman–Crippen MR) is 157 cm³/mol. The van der Waals surface area contributed by atoms with E-state index in [1.807, 2.05) is 58.0 Å². The van der Waals surface area contributed by atoms with E-state index in [1.165, 1.54) is 0 Å². The maximum absolute atomic E-state index is 14.6. The minimum Gasteiger partial charge on any atom is -0.465 e. The first-order valence-corrected chi connectivity index (χ1v) is 14.9. The molecule has 0 aliphatic carbocycles. The number of fused-ring (bicyclic) bond motifs is 1. The monoisotopic (exact) mass is 566 g/mol. The van der Waals surface area contributed by atoms with Gasteiger partial charge in [0.25, 0.3) is 0 Å². The number of hydrogen-bond acceptors (Lipinski definition) is 6. The average molecular weight is 567 g/mol. The van der Waals surface area contributed by atoms with Crippen LogP contribution in [0.4, 0.5) is 0 Å². The highest BCUT2D eigenvalue weighted by Gasteiger charge is 2.79. The average Bonchev–Trinajstić information content (AvgIpc) is 3.56. The number of allylic oxidation sites excluding steroid dienone is 1. The molecule has 0 aromatic heterocycles. The van der Waals surface area contributed by atoms with E-state index in [1.54, 1.807) is 22.0 Å². The van der Waals surface area contributed by atoms with Crippen LogP contribution in [0.15, 0.2) is 55.6 Å². The van der Waals surface area contributed by atoms with Crippen molar-refractivity contribution in [2.75, 3.05) is 19.8 Å². The quantitative estimate of drug-likeness (QED) is 0.220. The summed E-state index contributed by atoms with van der Waals surface area (Å²) in [5.41, 5.74) is -1.69. The molecular formula is C33H46N2O6. The molecule has 3 saturated heterocycles. The van der Waals surface area contributed by atoms with Crippen LogP contribution in [-0.4, -0.2) is 81.3 Å². The van der Waals surface area contributed by atoms with Crippen molar-refractivity contribution in [2.45, 2.75) is 95.0 Å². The van der Waals surface area contributed by atoms with Crippen LogP contribution < -0.4 is 0 Å². The van der Waals surface area contributed by atoms with Crippen LogP contribution in [-0.2, 0) is 30.3 Å². The molecule has 4 rings (SSSR count). The van der Waals surface area contributed by atoms with Crippen molar-refractivity contribution in [3.8, 4) is 0 Å². The van der Waals surface area contributed by atoms with E-state index in [9.17, 15) is 19.5 Å². The van der Waals surface area contributed by atoms with E-state index in [0.29, 0.717) is 38.5 Å². The van der Waals surface area contributed by atoms with Crippen molar-refractivity contribution < 1.29 is 29.0 Å². The van der Waals surface area contributed by atoms with Gasteiger partial charge in [0.05, 0.1) is 30.8 Å². The number of aliphatic hydroxyl groups excluding tert-OH is 1. The number of rotatable bonds is 13. The van der Waals surface area contributed by atoms with Crippen LogP contribution in [0.3, 0.4) is 0 Å². The molecule has 1 N–H and O–H groups in total. The number of aliphatic hydroxyl groups is 1. The van der Waals surface area contributed by atoms with E-state index < -0.39 is 46.6 Å². The van der Waals surface area contributed by atoms with Crippen molar-refractivity contribution in [3.05, 3.63) is 61.2 Å². The normalized spacial score (nSPS) is 29.2. The number of likely N-dealkylation sites (tertiary alicyclic amines) is 1. The lowest BCUT2D eigenvalue weighted by Gasteiger charge is -2.43. The molecule has 2 bridgehead atoms. The molecule has 3 fully saturated rings. The first-order chi connectivity index (χ1) is 19.5. The van der Waals surface area contributed by atoms with Crippen LogP contribution in [0.2, 0.25) is 0 Å². The summed E-state index contributed by atoms with van der Waals surface area (Å²) in [6.07, 6.45) is 6.72. The number of nitrogens with zero attached hydrogens (tertiary/aromatic N) is 2. The molecule has 8 nitrogen and oxygen atoms in total. The van der Waals surface area contributed by atoms with Crippen LogP contribution in [0, 0.1) is 11.8 Å². The molecule has 2 amide bonds. The van der Waals surface area contributed by atoms with E-state index in [4.69, 9.17) is 9.47 Å². The summed E-state index contributed by atoms with van der Waals surface area (Å²) in [6, 6.07) is 7.94. The van der Waals surface area contributed by atoms with Gasteiger partial charge >= 0.3 is 5.97 Å². The van der Waals surface area contributed by atoms with Crippen LogP contribution >= 0.6 is 0 Å². The number of carbonyl (C=O) groups excluding carboxylic acids is 3. The lowest BCUT2D eigenvalue weighted by atomic mass is 9.65. The molecule has 3 heterocycles. The first kappa shape index (κ1) is 31.0. The largest absolute Gasteiger partial charge is 0.465 e. The Hall–Kier alpha value is -2.97. The second-order valence-corrected chi connectivity index (χ2v) is 12.6. The summed E-state index contributed by atoms with van der Waals surface area (Å²) in [5.74, 6) is -2.73. The van der Waals surface area contributed by atoms with E-state index >= 15 is 0 Å². The van der Waals surface area contributed by atoms with E-state index in [2.05, 4.69) is 13.2 Å². The van der Waals surface area contributed by atoms with Gasteiger partial charge in [0.1, 0.15) is 17.6 Å². The van der Waals surface area contributed by atoms with Gasteiger partial charge in [-0.1, -0.05) is 49.4 Å². The molecule has 0 radical (unpaired) electrons. The molecular weight excluding hydrogens is 520 g/mol. The van der Waals surface area contributed by atoms with E-state index in [0.717, 1.165) is 5.56 Å². The zero-order valence-corrected chi connectivity index (χ0v) is 25.0. The van der Waals surface area contributed by atoms with Crippen molar-refractivity contribution >= 4 is 17.8 Å². The van der Waals surface area contributed by atoms with Crippen LogP contribution in [0.1, 0.15) is 65.4 Å². The summed E-state index contributed by atoms with van der Waals surface area (Å²) in [7, 11) is 0. The Labute approximate surface area is 244 Å². The predicted octanol–water partition coefficient (Wildman–Crippen LogP) is 4.07. The second kappa shape index (κ2) is 12.1. The molecule has 3 aliphatic rings. The highest BCUT2D eigenvalue weighted by atomic mass is 16.6. The number of benzene rings is 1. The molecule has 6 atom stereocenters. The zero-order chi connectivity index (χ0) is 30.0. The molecule has 1 spiro atoms. The third kappa shape index (κ3) is 5.37. The maximum atomic E-state index is 14.6. The van der Waals surface area contributed by atoms with Gasteiger partial charge in [0.2, 0.25) is 11.8 Å². The number of hydrogen-bond donors (Lipinski definition) is 1. The second-order valence-electron chi connectivity index (χ2n) is 12.6. The van der Waals surface area contributed by atoms with Crippen molar-refractivity contribution in [3.63, 3.8) is 0 Å². The molecule has 3 aliphatic heterocycles. The van der Waals surface area contributed by atoms with Gasteiger partial charge < -0.3 is 24.4 Å². The van der Waals surface area contributed by atoms with Crippen molar-refractivity contribution in [1.82, 2.24) is 9.80 Å². The number of ether oxygens (including phenoxy) is 2. The lowest BCUT2D eigenvalue weighted by molar-refractivity contribution is -0.164. The van der Waals surface area contributed by atoms with Gasteiger partial charge in [-0.25, -0.2) is 0 Å². The van der Waals surface area contributed by atoms with Gasteiger partial charge in [-0.2, -0.15) is 0 Å². The summed E-state index contributed by atoms with van der Waals surface area (Å²) < 4.78 is 12.6. The molecule has 224 valence electrons. The summed E-state index contributed by atoms with van der Waals surface area (Å²) in [5, 5.41) is 10.7. The fourth-order valence-electron chi connectivity index (χ4n) is 7.29. The minimum atomic E-state index is -1.19. The van der Waals surface area contributed by atoms with Crippen LogP contribution in [0.5, 0.6) is 0 Å². The third-order valence-electron chi connectivity index (χ3n) is 9.21. The number of amides is 2. The number of esters is 1. The Morgan fingerprint density at radius 3 is 2.51 bits per heavy atom. The first-order valence-electron chi connectivity index (χ1n) is 14.9. The topological polar surface area (TPSA) is 96.4 Å². The van der Waals surface area contributed by atoms with E-state index in [-0.39, 0.29) is 31.6 Å². The molecule has 1 aromatic carbocycles. The summed E-state index contributed by atoms with van der Waals surface area (Å²) in [4.78, 5) is 46.2. The standard InChI is InChI=1S/C33H46N2O6/c1-7-10-14-20-40-30(39)26-25-28(37)35(24(22-36)21-23-15-12-11-13-16-23)27(29(38)34(19-8-2)31(4,5)6)33(25)18-17-32(26,9-3)41-33/h7-8,11-13,15-16,24-27,36H,1-2,9-10,14,17-22H2,3-6H3/t24-,25+,26+,27?,32-,33?/m1/s1. The number of unbranched alkanes of at least 4 members (excludes halogenated alkanes) is 1. The zero-order valence-electron chi connectivity index (χ0n) is 25.0. The Morgan fingerprint density at radius 1 is 1.22 bits per heavy atom. The Bertz CT molecular complexity index is 1150. The Morgan fingerprint density at radius 2 is 1.93 bits per heavy atom. The van der Waals surface area contributed by atoms with Gasteiger partial charge in [0.15, 0.2) is 0 Å². The Kier molecular flexibility index (Phi) is 9.14. The van der Waals surface area contributed by atoms with Crippen molar-refractivity contribution in [1.29, 1.82) is 0 Å². The van der Waals surface area contributed by atoms with Gasteiger partial charge in [-0.15, -0.1) is 13.2 Å². The highest BCUT2D eigenvalue weighted by Crippen LogP contribution is 2.65. The van der Waals surface area contributed by atoms with Gasteiger partial charge in [-0.3, -0.25) is 14.4 Å².